The van der Waals surface area contributed by atoms with Gasteiger partial charge in [0, 0.05) is 47.3 Å². The third kappa shape index (κ3) is 6.37. The molecule has 3 aromatic rings. The SMILES string of the molecule is COc1cc(N/C=C\C(=O)c2ccc([N+](=O)[O-])cc2)c(/C=C\c2cc(OC)c(OC)c(OC)c2)cc1O. The quantitative estimate of drug-likeness (QED) is 0.0887. The van der Waals surface area contributed by atoms with Crippen molar-refractivity contribution in [3.05, 3.63) is 87.6 Å². The number of nitrogens with zero attached hydrogens (tertiary/aromatic N) is 1. The van der Waals surface area contributed by atoms with Crippen LogP contribution in [0.4, 0.5) is 11.4 Å². The topological polar surface area (TPSA) is 129 Å². The fraction of sp³-hybridized carbons (Fsp3) is 0.148. The number of hydrogen-bond acceptors (Lipinski definition) is 9. The summed E-state index contributed by atoms with van der Waals surface area (Å²) in [6.07, 6.45) is 6.29. The van der Waals surface area contributed by atoms with E-state index in [1.54, 1.807) is 30.4 Å². The minimum absolute atomic E-state index is 0.0662. The van der Waals surface area contributed by atoms with E-state index in [1.165, 1.54) is 71.0 Å². The van der Waals surface area contributed by atoms with Crippen LogP contribution >= 0.6 is 0 Å². The lowest BCUT2D eigenvalue weighted by Crippen LogP contribution is -1.98. The first-order valence-electron chi connectivity index (χ1n) is 10.9. The van der Waals surface area contributed by atoms with Gasteiger partial charge in [0.05, 0.1) is 33.4 Å². The van der Waals surface area contributed by atoms with E-state index in [-0.39, 0.29) is 23.0 Å². The first-order valence-corrected chi connectivity index (χ1v) is 10.9. The van der Waals surface area contributed by atoms with Crippen molar-refractivity contribution in [3.63, 3.8) is 0 Å². The van der Waals surface area contributed by atoms with Gasteiger partial charge in [0.2, 0.25) is 5.75 Å². The highest BCUT2D eigenvalue weighted by Gasteiger charge is 2.13. The summed E-state index contributed by atoms with van der Waals surface area (Å²) in [5.41, 5.74) is 2.10. The van der Waals surface area contributed by atoms with Gasteiger partial charge in [-0.25, -0.2) is 0 Å². The molecule has 0 aromatic heterocycles. The van der Waals surface area contributed by atoms with E-state index < -0.39 is 4.92 Å². The fourth-order valence-electron chi connectivity index (χ4n) is 3.45. The summed E-state index contributed by atoms with van der Waals surface area (Å²) in [7, 11) is 6.00. The molecule has 192 valence electrons. The maximum Gasteiger partial charge on any atom is 0.269 e. The standard InChI is InChI=1S/C27H26N2O8/c1-34-24-16-21(28-12-11-22(30)18-7-9-20(10-8-18)29(32)33)19(15-23(24)31)6-5-17-13-25(35-2)27(37-4)26(14-17)36-3/h5-16,28,31H,1-4H3/b6-5-,12-11-. The number of hydrogen-bond donors (Lipinski definition) is 2. The molecule has 3 rings (SSSR count). The van der Waals surface area contributed by atoms with Crippen molar-refractivity contribution in [2.45, 2.75) is 0 Å². The van der Waals surface area contributed by atoms with Gasteiger partial charge in [-0.15, -0.1) is 0 Å². The van der Waals surface area contributed by atoms with E-state index in [1.807, 2.05) is 0 Å². The van der Waals surface area contributed by atoms with Gasteiger partial charge in [-0.3, -0.25) is 14.9 Å². The molecule has 0 atom stereocenters. The molecule has 0 unspecified atom stereocenters. The number of nitro benzene ring substituents is 1. The largest absolute Gasteiger partial charge is 0.504 e. The predicted molar refractivity (Wildman–Crippen MR) is 140 cm³/mol. The number of carbonyl (C=O) groups excluding carboxylic acids is 1. The molecule has 0 aliphatic rings. The Kier molecular flexibility index (Phi) is 8.71. The molecular formula is C27H26N2O8. The Balaban J connectivity index is 1.88. The van der Waals surface area contributed by atoms with Crippen molar-refractivity contribution in [2.24, 2.45) is 0 Å². The number of rotatable bonds is 11. The second-order valence-electron chi connectivity index (χ2n) is 7.55. The van der Waals surface area contributed by atoms with Gasteiger partial charge in [0.1, 0.15) is 0 Å². The van der Waals surface area contributed by atoms with Crippen molar-refractivity contribution in [1.29, 1.82) is 0 Å². The van der Waals surface area contributed by atoms with Crippen LogP contribution in [0.25, 0.3) is 12.2 Å². The molecule has 0 radical (unpaired) electrons. The number of nitrogens with one attached hydrogen (secondary N) is 1. The molecule has 0 fully saturated rings. The number of carbonyl (C=O) groups is 1. The van der Waals surface area contributed by atoms with Gasteiger partial charge in [-0.1, -0.05) is 12.2 Å². The Morgan fingerprint density at radius 2 is 1.51 bits per heavy atom. The van der Waals surface area contributed by atoms with Crippen LogP contribution in [-0.4, -0.2) is 44.3 Å². The highest BCUT2D eigenvalue weighted by Crippen LogP contribution is 2.39. The number of nitro groups is 1. The number of non-ortho nitro benzene ring substituents is 1. The first kappa shape index (κ1) is 26.6. The van der Waals surface area contributed by atoms with Crippen molar-refractivity contribution in [2.75, 3.05) is 33.8 Å². The number of phenolic OH excluding ortho intramolecular Hbond substituents is 1. The third-order valence-corrected chi connectivity index (χ3v) is 5.33. The Morgan fingerprint density at radius 3 is 2.05 bits per heavy atom. The molecule has 10 heteroatoms. The van der Waals surface area contributed by atoms with E-state index in [0.29, 0.717) is 34.1 Å². The van der Waals surface area contributed by atoms with Crippen LogP contribution in [0.15, 0.2) is 60.8 Å². The summed E-state index contributed by atoms with van der Waals surface area (Å²) in [5, 5.41) is 24.1. The molecule has 10 nitrogen and oxygen atoms in total. The minimum atomic E-state index is -0.531. The average molecular weight is 507 g/mol. The molecule has 0 aliphatic heterocycles. The minimum Gasteiger partial charge on any atom is -0.504 e. The maximum atomic E-state index is 12.5. The van der Waals surface area contributed by atoms with Crippen molar-refractivity contribution in [1.82, 2.24) is 0 Å². The van der Waals surface area contributed by atoms with E-state index in [0.717, 1.165) is 5.56 Å². The zero-order valence-electron chi connectivity index (χ0n) is 20.7. The third-order valence-electron chi connectivity index (χ3n) is 5.33. The molecule has 0 aliphatic carbocycles. The van der Waals surface area contributed by atoms with Crippen molar-refractivity contribution >= 4 is 29.3 Å². The number of ether oxygens (including phenoxy) is 4. The summed E-state index contributed by atoms with van der Waals surface area (Å²) in [4.78, 5) is 22.7. The van der Waals surface area contributed by atoms with E-state index >= 15 is 0 Å². The number of benzene rings is 3. The van der Waals surface area contributed by atoms with Crippen LogP contribution in [0.3, 0.4) is 0 Å². The normalized spacial score (nSPS) is 10.9. The van der Waals surface area contributed by atoms with Crippen LogP contribution in [0.5, 0.6) is 28.7 Å². The highest BCUT2D eigenvalue weighted by atomic mass is 16.6. The Morgan fingerprint density at radius 1 is 0.892 bits per heavy atom. The van der Waals surface area contributed by atoms with Crippen LogP contribution in [0.2, 0.25) is 0 Å². The lowest BCUT2D eigenvalue weighted by molar-refractivity contribution is -0.384. The monoisotopic (exact) mass is 506 g/mol. The summed E-state index contributed by atoms with van der Waals surface area (Å²) < 4.78 is 21.3. The fourth-order valence-corrected chi connectivity index (χ4v) is 3.45. The molecule has 0 saturated carbocycles. The van der Waals surface area contributed by atoms with E-state index in [2.05, 4.69) is 5.32 Å². The van der Waals surface area contributed by atoms with Gasteiger partial charge in [0.15, 0.2) is 28.8 Å². The maximum absolute atomic E-state index is 12.5. The van der Waals surface area contributed by atoms with Crippen LogP contribution in [-0.2, 0) is 0 Å². The van der Waals surface area contributed by atoms with Crippen LogP contribution in [0.1, 0.15) is 21.5 Å². The van der Waals surface area contributed by atoms with Crippen molar-refractivity contribution < 1.29 is 33.8 Å². The number of allylic oxidation sites excluding steroid dienone is 1. The number of aromatic hydroxyl groups is 1. The number of phenols is 1. The van der Waals surface area contributed by atoms with Crippen LogP contribution < -0.4 is 24.3 Å². The van der Waals surface area contributed by atoms with Crippen molar-refractivity contribution in [3.8, 4) is 28.7 Å². The van der Waals surface area contributed by atoms with E-state index in [4.69, 9.17) is 18.9 Å². The smallest absolute Gasteiger partial charge is 0.269 e. The molecule has 37 heavy (non-hydrogen) atoms. The Labute approximate surface area is 213 Å². The van der Waals surface area contributed by atoms with Gasteiger partial charge < -0.3 is 29.4 Å². The Hall–Kier alpha value is -4.99. The summed E-state index contributed by atoms with van der Waals surface area (Å²) in [6, 6.07) is 12.0. The van der Waals surface area contributed by atoms with Gasteiger partial charge in [-0.2, -0.15) is 0 Å². The molecule has 3 aromatic carbocycles. The zero-order valence-corrected chi connectivity index (χ0v) is 20.7. The van der Waals surface area contributed by atoms with Crippen LogP contribution in [0, 0.1) is 10.1 Å². The zero-order chi connectivity index (χ0) is 26.9. The van der Waals surface area contributed by atoms with Gasteiger partial charge >= 0.3 is 0 Å². The van der Waals surface area contributed by atoms with Gasteiger partial charge in [0.25, 0.3) is 5.69 Å². The molecular weight excluding hydrogens is 480 g/mol. The summed E-state index contributed by atoms with van der Waals surface area (Å²) in [6.45, 7) is 0. The number of anilines is 1. The van der Waals surface area contributed by atoms with Gasteiger partial charge in [-0.05, 0) is 35.9 Å². The summed E-state index contributed by atoms with van der Waals surface area (Å²) >= 11 is 0. The Bertz CT molecular complexity index is 1320. The molecule has 0 heterocycles. The molecule has 0 saturated heterocycles. The number of methoxy groups -OCH3 is 4. The second kappa shape index (κ2) is 12.1. The molecule has 2 N–H and O–H groups in total. The molecule has 0 spiro atoms. The number of ketones is 1. The second-order valence-corrected chi connectivity index (χ2v) is 7.55. The predicted octanol–water partition coefficient (Wildman–Crippen LogP) is 5.31. The molecule has 0 amide bonds. The molecule has 0 bridgehead atoms. The lowest BCUT2D eigenvalue weighted by atomic mass is 10.1. The highest BCUT2D eigenvalue weighted by molar-refractivity contribution is 6.04. The van der Waals surface area contributed by atoms with E-state index in [9.17, 15) is 20.0 Å². The summed E-state index contributed by atoms with van der Waals surface area (Å²) in [5.74, 6) is 1.28. The lowest BCUT2D eigenvalue weighted by Gasteiger charge is -2.13. The average Bonchev–Trinajstić information content (AvgIpc) is 2.91. The first-order chi connectivity index (χ1) is 17.8.